The lowest BCUT2D eigenvalue weighted by Crippen LogP contribution is -2.15. The molecule has 0 bridgehead atoms. The number of nitrogens with zero attached hydrogens (tertiary/aromatic N) is 2. The Morgan fingerprint density at radius 2 is 2.04 bits per heavy atom. The van der Waals surface area contributed by atoms with Crippen molar-refractivity contribution in [2.45, 2.75) is 13.5 Å². The van der Waals surface area contributed by atoms with Gasteiger partial charge in [-0.15, -0.1) is 0 Å². The van der Waals surface area contributed by atoms with Gasteiger partial charge in [0.15, 0.2) is 0 Å². The van der Waals surface area contributed by atoms with Crippen LogP contribution in [0.15, 0.2) is 53.1 Å². The topological polar surface area (TPSA) is 75.0 Å². The molecule has 0 saturated carbocycles. The van der Waals surface area contributed by atoms with Gasteiger partial charge in [-0.3, -0.25) is 10.3 Å². The molecule has 1 N–H and O–H groups in total. The third-order valence-corrected chi connectivity index (χ3v) is 4.73. The number of carbonyl (C=O) groups excluding carboxylic acids is 1. The van der Waals surface area contributed by atoms with Crippen LogP contribution in [0.1, 0.15) is 16.7 Å². The Labute approximate surface area is 153 Å². The molecular weight excluding hydrogens is 382 g/mol. The summed E-state index contributed by atoms with van der Waals surface area (Å²) in [5.74, 6) is 0. The van der Waals surface area contributed by atoms with Gasteiger partial charge in [-0.25, -0.2) is 4.79 Å². The number of nitriles is 1. The zero-order valence-corrected chi connectivity index (χ0v) is 15.0. The fourth-order valence-electron chi connectivity index (χ4n) is 2.41. The summed E-state index contributed by atoms with van der Waals surface area (Å²) < 4.78 is 6.07. The molecule has 1 amide bonds. The van der Waals surface area contributed by atoms with Crippen LogP contribution >= 0.6 is 15.9 Å². The summed E-state index contributed by atoms with van der Waals surface area (Å²) in [7, 11) is 0. The molecule has 0 aliphatic rings. The van der Waals surface area contributed by atoms with Crippen molar-refractivity contribution in [3.05, 3.63) is 69.8 Å². The molecule has 0 unspecified atom stereocenters. The number of nitrogens with one attached hydrogen (secondary N) is 1. The zero-order chi connectivity index (χ0) is 17.8. The van der Waals surface area contributed by atoms with E-state index in [2.05, 4.69) is 32.3 Å². The SMILES string of the molecule is Cc1ccc2c(NC(=O)OCc3ccccc3)c(C#N)cnc2c1Br. The van der Waals surface area contributed by atoms with Crippen LogP contribution in [-0.4, -0.2) is 11.1 Å². The summed E-state index contributed by atoms with van der Waals surface area (Å²) in [6.07, 6.45) is 0.823. The highest BCUT2D eigenvalue weighted by atomic mass is 79.9. The van der Waals surface area contributed by atoms with Gasteiger partial charge >= 0.3 is 6.09 Å². The van der Waals surface area contributed by atoms with E-state index in [1.807, 2.05) is 49.4 Å². The number of halogens is 1. The maximum Gasteiger partial charge on any atom is 0.412 e. The quantitative estimate of drug-likeness (QED) is 0.682. The zero-order valence-electron chi connectivity index (χ0n) is 13.4. The molecule has 3 rings (SSSR count). The fraction of sp³-hybridized carbons (Fsp3) is 0.105. The van der Waals surface area contributed by atoms with Crippen molar-refractivity contribution >= 4 is 38.6 Å². The first kappa shape index (κ1) is 16.9. The van der Waals surface area contributed by atoms with Crippen LogP contribution < -0.4 is 5.32 Å². The molecule has 0 radical (unpaired) electrons. The van der Waals surface area contributed by atoms with Crippen LogP contribution in [0, 0.1) is 18.3 Å². The van der Waals surface area contributed by atoms with Crippen molar-refractivity contribution in [3.8, 4) is 6.07 Å². The Kier molecular flexibility index (Phi) is 4.96. The number of hydrogen-bond donors (Lipinski definition) is 1. The van der Waals surface area contributed by atoms with Gasteiger partial charge in [0.25, 0.3) is 0 Å². The molecule has 6 heteroatoms. The first-order valence-electron chi connectivity index (χ1n) is 7.55. The minimum absolute atomic E-state index is 0.153. The lowest BCUT2D eigenvalue weighted by atomic mass is 10.1. The van der Waals surface area contributed by atoms with Crippen LogP contribution in [-0.2, 0) is 11.3 Å². The maximum atomic E-state index is 12.2. The number of fused-ring (bicyclic) bond motifs is 1. The number of benzene rings is 2. The van der Waals surface area contributed by atoms with Gasteiger partial charge in [0.2, 0.25) is 0 Å². The van der Waals surface area contributed by atoms with E-state index in [-0.39, 0.29) is 12.2 Å². The van der Waals surface area contributed by atoms with E-state index in [0.29, 0.717) is 16.6 Å². The molecule has 1 aromatic heterocycles. The number of carbonyl (C=O) groups is 1. The summed E-state index contributed by atoms with van der Waals surface area (Å²) in [6.45, 7) is 2.10. The second-order valence-corrected chi connectivity index (χ2v) is 6.23. The van der Waals surface area contributed by atoms with Gasteiger partial charge in [-0.2, -0.15) is 5.26 Å². The lowest BCUT2D eigenvalue weighted by molar-refractivity contribution is 0.155. The van der Waals surface area contributed by atoms with Crippen molar-refractivity contribution in [1.82, 2.24) is 4.98 Å². The third kappa shape index (κ3) is 3.62. The summed E-state index contributed by atoms with van der Waals surface area (Å²) in [6, 6.07) is 15.2. The van der Waals surface area contributed by atoms with Crippen LogP contribution in [0.2, 0.25) is 0 Å². The Balaban J connectivity index is 1.88. The Morgan fingerprint density at radius 3 is 2.76 bits per heavy atom. The molecule has 124 valence electrons. The Morgan fingerprint density at radius 1 is 1.28 bits per heavy atom. The summed E-state index contributed by atoms with van der Waals surface area (Å²) in [4.78, 5) is 16.5. The standard InChI is InChI=1S/C19H14BrN3O2/c1-12-7-8-15-17(14(9-21)10-22-18(15)16(12)20)23-19(24)25-11-13-5-3-2-4-6-13/h2-8,10H,11H2,1H3,(H,22,23,24). The number of aryl methyl sites for hydroxylation is 1. The van der Waals surface area contributed by atoms with Gasteiger partial charge in [-0.1, -0.05) is 42.5 Å². The molecule has 0 fully saturated rings. The predicted molar refractivity (Wildman–Crippen MR) is 99.1 cm³/mol. The van der Waals surface area contributed by atoms with Crippen molar-refractivity contribution < 1.29 is 9.53 Å². The first-order chi connectivity index (χ1) is 12.1. The van der Waals surface area contributed by atoms with E-state index < -0.39 is 6.09 Å². The van der Waals surface area contributed by atoms with Gasteiger partial charge < -0.3 is 4.74 Å². The number of rotatable bonds is 3. The number of ether oxygens (including phenoxy) is 1. The molecule has 0 saturated heterocycles. The molecule has 0 atom stereocenters. The van der Waals surface area contributed by atoms with Crippen molar-refractivity contribution in [2.75, 3.05) is 5.32 Å². The molecule has 0 spiro atoms. The Bertz CT molecular complexity index is 981. The minimum Gasteiger partial charge on any atom is -0.444 e. The minimum atomic E-state index is -0.621. The summed E-state index contributed by atoms with van der Waals surface area (Å²) >= 11 is 3.50. The van der Waals surface area contributed by atoms with E-state index >= 15 is 0 Å². The molecule has 3 aromatic rings. The van der Waals surface area contributed by atoms with Crippen LogP contribution in [0.4, 0.5) is 10.5 Å². The number of amides is 1. The van der Waals surface area contributed by atoms with Crippen molar-refractivity contribution in [2.24, 2.45) is 0 Å². The molecule has 25 heavy (non-hydrogen) atoms. The summed E-state index contributed by atoms with van der Waals surface area (Å²) in [5.41, 5.74) is 3.25. The molecule has 1 heterocycles. The number of anilines is 1. The number of pyridine rings is 1. The highest BCUT2D eigenvalue weighted by Crippen LogP contribution is 2.32. The largest absolute Gasteiger partial charge is 0.444 e. The normalized spacial score (nSPS) is 10.3. The van der Waals surface area contributed by atoms with Crippen molar-refractivity contribution in [1.29, 1.82) is 5.26 Å². The van der Waals surface area contributed by atoms with Gasteiger partial charge in [-0.05, 0) is 34.0 Å². The van der Waals surface area contributed by atoms with Crippen LogP contribution in [0.25, 0.3) is 10.9 Å². The second kappa shape index (κ2) is 7.32. The molecule has 2 aromatic carbocycles. The van der Waals surface area contributed by atoms with Gasteiger partial charge in [0.1, 0.15) is 12.7 Å². The van der Waals surface area contributed by atoms with E-state index in [1.165, 1.54) is 6.20 Å². The van der Waals surface area contributed by atoms with Crippen LogP contribution in [0.5, 0.6) is 0 Å². The Hall–Kier alpha value is -2.91. The second-order valence-electron chi connectivity index (χ2n) is 5.44. The number of hydrogen-bond acceptors (Lipinski definition) is 4. The molecular formula is C19H14BrN3O2. The van der Waals surface area contributed by atoms with E-state index in [1.54, 1.807) is 0 Å². The number of aromatic nitrogens is 1. The van der Waals surface area contributed by atoms with Gasteiger partial charge in [0.05, 0.1) is 16.8 Å². The lowest BCUT2D eigenvalue weighted by Gasteiger charge is -2.12. The van der Waals surface area contributed by atoms with E-state index in [4.69, 9.17) is 4.74 Å². The fourth-order valence-corrected chi connectivity index (χ4v) is 2.86. The third-order valence-electron chi connectivity index (χ3n) is 3.73. The summed E-state index contributed by atoms with van der Waals surface area (Å²) in [5, 5.41) is 12.7. The van der Waals surface area contributed by atoms with Gasteiger partial charge in [0, 0.05) is 16.1 Å². The monoisotopic (exact) mass is 395 g/mol. The first-order valence-corrected chi connectivity index (χ1v) is 8.35. The molecule has 5 nitrogen and oxygen atoms in total. The van der Waals surface area contributed by atoms with E-state index in [0.717, 1.165) is 15.6 Å². The average Bonchev–Trinajstić information content (AvgIpc) is 2.64. The highest BCUT2D eigenvalue weighted by Gasteiger charge is 2.15. The smallest absolute Gasteiger partial charge is 0.412 e. The highest BCUT2D eigenvalue weighted by molar-refractivity contribution is 9.10. The predicted octanol–water partition coefficient (Wildman–Crippen LogP) is 4.93. The van der Waals surface area contributed by atoms with Crippen molar-refractivity contribution in [3.63, 3.8) is 0 Å². The van der Waals surface area contributed by atoms with Crippen LogP contribution in [0.3, 0.4) is 0 Å². The molecule has 0 aliphatic heterocycles. The van der Waals surface area contributed by atoms with E-state index in [9.17, 15) is 10.1 Å². The average molecular weight is 396 g/mol. The molecule has 0 aliphatic carbocycles. The maximum absolute atomic E-state index is 12.2.